The summed E-state index contributed by atoms with van der Waals surface area (Å²) < 4.78 is 0. The summed E-state index contributed by atoms with van der Waals surface area (Å²) in [6.07, 6.45) is 1.07. The van der Waals surface area contributed by atoms with E-state index in [1.807, 2.05) is 54.4 Å². The molecule has 0 spiro atoms. The molecule has 3 rings (SSSR count). The van der Waals surface area contributed by atoms with Crippen molar-refractivity contribution in [3.8, 4) is 0 Å². The van der Waals surface area contributed by atoms with Crippen LogP contribution in [0.2, 0.25) is 0 Å². The molecule has 1 unspecified atom stereocenters. The molecule has 2 aromatic carbocycles. The van der Waals surface area contributed by atoms with Gasteiger partial charge >= 0.3 is 0 Å². The van der Waals surface area contributed by atoms with E-state index in [1.54, 1.807) is 6.07 Å². The van der Waals surface area contributed by atoms with Crippen LogP contribution in [0.4, 0.5) is 17.1 Å². The summed E-state index contributed by atoms with van der Waals surface area (Å²) in [6, 6.07) is 15.2. The van der Waals surface area contributed by atoms with Gasteiger partial charge in [-0.05, 0) is 48.7 Å². The molecule has 0 saturated carbocycles. The van der Waals surface area contributed by atoms with Crippen LogP contribution in [0.3, 0.4) is 0 Å². The third-order valence-corrected chi connectivity index (χ3v) is 5.28. The van der Waals surface area contributed by atoms with Crippen LogP contribution < -0.4 is 10.6 Å². The Morgan fingerprint density at radius 2 is 2.00 bits per heavy atom. The monoisotopic (exact) mass is 354 g/mol. The standard InChI is InChI=1S/C20H26N4O2/c1-20(14-21)10-11-23(15-20)13-16-8-9-18(19(12-16)24(25)26)22(2)17-6-4-3-5-7-17/h3-9,12H,10-11,13-15,21H2,1-2H3. The Kier molecular flexibility index (Phi) is 5.25. The topological polar surface area (TPSA) is 75.6 Å². The van der Waals surface area contributed by atoms with Crippen molar-refractivity contribution < 1.29 is 4.92 Å². The predicted octanol–water partition coefficient (Wildman–Crippen LogP) is 3.53. The zero-order valence-corrected chi connectivity index (χ0v) is 15.4. The summed E-state index contributed by atoms with van der Waals surface area (Å²) in [5.74, 6) is 0. The van der Waals surface area contributed by atoms with Crippen molar-refractivity contribution in [2.45, 2.75) is 19.9 Å². The second kappa shape index (κ2) is 7.43. The van der Waals surface area contributed by atoms with Crippen LogP contribution in [0.15, 0.2) is 48.5 Å². The highest BCUT2D eigenvalue weighted by atomic mass is 16.6. The molecule has 26 heavy (non-hydrogen) atoms. The lowest BCUT2D eigenvalue weighted by Crippen LogP contribution is -2.31. The fourth-order valence-electron chi connectivity index (χ4n) is 3.57. The van der Waals surface area contributed by atoms with Gasteiger partial charge in [-0.3, -0.25) is 15.0 Å². The van der Waals surface area contributed by atoms with Crippen molar-refractivity contribution in [3.05, 3.63) is 64.2 Å². The number of hydrogen-bond acceptors (Lipinski definition) is 5. The van der Waals surface area contributed by atoms with Gasteiger partial charge in [-0.2, -0.15) is 0 Å². The van der Waals surface area contributed by atoms with Crippen LogP contribution >= 0.6 is 0 Å². The second-order valence-corrected chi connectivity index (χ2v) is 7.45. The first-order chi connectivity index (χ1) is 12.4. The quantitative estimate of drug-likeness (QED) is 0.634. The minimum atomic E-state index is -0.299. The Balaban J connectivity index is 1.82. The molecule has 1 aliphatic rings. The summed E-state index contributed by atoms with van der Waals surface area (Å²) in [7, 11) is 1.85. The highest BCUT2D eigenvalue weighted by Gasteiger charge is 2.32. The lowest BCUT2D eigenvalue weighted by molar-refractivity contribution is -0.384. The maximum absolute atomic E-state index is 11.6. The van der Waals surface area contributed by atoms with Gasteiger partial charge in [-0.1, -0.05) is 31.2 Å². The third kappa shape index (κ3) is 3.86. The molecule has 6 heteroatoms. The van der Waals surface area contributed by atoms with Crippen molar-refractivity contribution in [1.82, 2.24) is 4.90 Å². The van der Waals surface area contributed by atoms with Crippen molar-refractivity contribution in [2.75, 3.05) is 31.6 Å². The molecule has 2 N–H and O–H groups in total. The van der Waals surface area contributed by atoms with Crippen molar-refractivity contribution in [3.63, 3.8) is 0 Å². The number of para-hydroxylation sites is 1. The van der Waals surface area contributed by atoms with E-state index in [2.05, 4.69) is 11.8 Å². The Bertz CT molecular complexity index is 781. The number of rotatable bonds is 6. The normalized spacial score (nSPS) is 20.3. The number of nitro benzene ring substituents is 1. The molecule has 0 bridgehead atoms. The number of benzene rings is 2. The summed E-state index contributed by atoms with van der Waals surface area (Å²) in [6.45, 7) is 5.50. The lowest BCUT2D eigenvalue weighted by Gasteiger charge is -2.23. The first-order valence-corrected chi connectivity index (χ1v) is 8.90. The molecule has 1 fully saturated rings. The number of nitro groups is 1. The van der Waals surface area contributed by atoms with Gasteiger partial charge in [0.1, 0.15) is 5.69 Å². The molecule has 0 amide bonds. The van der Waals surface area contributed by atoms with Gasteiger partial charge in [-0.25, -0.2) is 0 Å². The van der Waals surface area contributed by atoms with Crippen LogP contribution in [0, 0.1) is 15.5 Å². The number of hydrogen-bond donors (Lipinski definition) is 1. The molecular formula is C20H26N4O2. The number of nitrogens with zero attached hydrogens (tertiary/aromatic N) is 3. The molecule has 6 nitrogen and oxygen atoms in total. The molecule has 2 aromatic rings. The third-order valence-electron chi connectivity index (χ3n) is 5.28. The summed E-state index contributed by atoms with van der Waals surface area (Å²) in [5, 5.41) is 11.6. The van der Waals surface area contributed by atoms with Crippen LogP contribution in [-0.4, -0.2) is 36.5 Å². The Morgan fingerprint density at radius 1 is 1.27 bits per heavy atom. The van der Waals surface area contributed by atoms with E-state index in [1.165, 1.54) is 0 Å². The van der Waals surface area contributed by atoms with Crippen LogP contribution in [0.5, 0.6) is 0 Å². The minimum absolute atomic E-state index is 0.134. The molecule has 138 valence electrons. The zero-order chi connectivity index (χ0) is 18.7. The molecule has 1 aliphatic heterocycles. The van der Waals surface area contributed by atoms with E-state index in [0.29, 0.717) is 18.8 Å². The second-order valence-electron chi connectivity index (χ2n) is 7.45. The fourth-order valence-corrected chi connectivity index (χ4v) is 3.57. The molecule has 1 heterocycles. The molecular weight excluding hydrogens is 328 g/mol. The predicted molar refractivity (Wildman–Crippen MR) is 105 cm³/mol. The maximum Gasteiger partial charge on any atom is 0.293 e. The van der Waals surface area contributed by atoms with Crippen LogP contribution in [0.1, 0.15) is 18.9 Å². The largest absolute Gasteiger partial charge is 0.339 e. The van der Waals surface area contributed by atoms with Crippen LogP contribution in [0.25, 0.3) is 0 Å². The van der Waals surface area contributed by atoms with E-state index in [-0.39, 0.29) is 16.0 Å². The van der Waals surface area contributed by atoms with Gasteiger partial charge in [0, 0.05) is 31.9 Å². The van der Waals surface area contributed by atoms with Crippen LogP contribution in [-0.2, 0) is 6.54 Å². The highest BCUT2D eigenvalue weighted by Crippen LogP contribution is 2.34. The average molecular weight is 354 g/mol. The van der Waals surface area contributed by atoms with Gasteiger partial charge in [0.15, 0.2) is 0 Å². The highest BCUT2D eigenvalue weighted by molar-refractivity contribution is 5.72. The number of likely N-dealkylation sites (tertiary alicyclic amines) is 1. The minimum Gasteiger partial charge on any atom is -0.339 e. The maximum atomic E-state index is 11.6. The smallest absolute Gasteiger partial charge is 0.293 e. The molecule has 0 aromatic heterocycles. The van der Waals surface area contributed by atoms with E-state index in [4.69, 9.17) is 5.73 Å². The summed E-state index contributed by atoms with van der Waals surface area (Å²) in [4.78, 5) is 15.5. The Hall–Kier alpha value is -2.44. The van der Waals surface area contributed by atoms with Gasteiger partial charge in [0.2, 0.25) is 0 Å². The van der Waals surface area contributed by atoms with E-state index in [0.717, 1.165) is 30.8 Å². The SMILES string of the molecule is CN(c1ccccc1)c1ccc(CN2CCC(C)(CN)C2)cc1[N+](=O)[O-]. The average Bonchev–Trinajstić information content (AvgIpc) is 3.03. The summed E-state index contributed by atoms with van der Waals surface area (Å²) >= 11 is 0. The Morgan fingerprint density at radius 3 is 2.62 bits per heavy atom. The fraction of sp³-hybridized carbons (Fsp3) is 0.400. The lowest BCUT2D eigenvalue weighted by atomic mass is 9.90. The van der Waals surface area contributed by atoms with E-state index < -0.39 is 0 Å². The summed E-state index contributed by atoms with van der Waals surface area (Å²) in [5.41, 5.74) is 8.64. The van der Waals surface area contributed by atoms with E-state index >= 15 is 0 Å². The Labute approximate surface area is 154 Å². The van der Waals surface area contributed by atoms with Gasteiger partial charge in [0.25, 0.3) is 5.69 Å². The van der Waals surface area contributed by atoms with Gasteiger partial charge in [-0.15, -0.1) is 0 Å². The number of nitrogens with two attached hydrogens (primary N) is 1. The first kappa shape index (κ1) is 18.4. The van der Waals surface area contributed by atoms with Crippen molar-refractivity contribution in [2.24, 2.45) is 11.1 Å². The first-order valence-electron chi connectivity index (χ1n) is 8.90. The zero-order valence-electron chi connectivity index (χ0n) is 15.4. The molecule has 0 aliphatic carbocycles. The van der Waals surface area contributed by atoms with Gasteiger partial charge in [0.05, 0.1) is 4.92 Å². The van der Waals surface area contributed by atoms with Crippen molar-refractivity contribution in [1.29, 1.82) is 0 Å². The van der Waals surface area contributed by atoms with Gasteiger partial charge < -0.3 is 10.6 Å². The molecule has 1 saturated heterocycles. The molecule has 1 atom stereocenters. The van der Waals surface area contributed by atoms with E-state index in [9.17, 15) is 10.1 Å². The van der Waals surface area contributed by atoms with Crippen molar-refractivity contribution >= 4 is 17.1 Å². The number of anilines is 2. The molecule has 0 radical (unpaired) electrons.